The van der Waals surface area contributed by atoms with Crippen LogP contribution in [0.15, 0.2) is 0 Å². The average molecular weight is 214 g/mol. The lowest BCUT2D eigenvalue weighted by molar-refractivity contribution is 0.214. The molecule has 2 atom stereocenters. The molecule has 0 aromatic carbocycles. The summed E-state index contributed by atoms with van der Waals surface area (Å²) in [5, 5.41) is 8.98. The minimum atomic E-state index is -0.569. The Morgan fingerprint density at radius 2 is 1.93 bits per heavy atom. The number of nitriles is 1. The summed E-state index contributed by atoms with van der Waals surface area (Å²) < 4.78 is 0. The van der Waals surface area contributed by atoms with Crippen LogP contribution in [0.2, 0.25) is 0 Å². The Bertz CT molecular complexity index is 236. The van der Waals surface area contributed by atoms with Crippen LogP contribution in [-0.2, 0) is 0 Å². The van der Waals surface area contributed by atoms with Crippen LogP contribution in [0.4, 0.5) is 0 Å². The zero-order valence-corrected chi connectivity index (χ0v) is 10.2. The molecule has 0 aromatic heterocycles. The topological polar surface area (TPSA) is 23.8 Å². The molecule has 14 heavy (non-hydrogen) atoms. The normalized spacial score (nSPS) is 34.6. The lowest BCUT2D eigenvalue weighted by atomic mass is 9.76. The number of halogens is 1. The monoisotopic (exact) mass is 213 g/mol. The van der Waals surface area contributed by atoms with Crippen molar-refractivity contribution in [1.29, 1.82) is 5.26 Å². The van der Waals surface area contributed by atoms with E-state index in [-0.39, 0.29) is 0 Å². The van der Waals surface area contributed by atoms with Gasteiger partial charge in [0.05, 0.1) is 6.07 Å². The summed E-state index contributed by atoms with van der Waals surface area (Å²) in [4.78, 5) is -0.569. The zero-order valence-electron chi connectivity index (χ0n) is 9.44. The minimum absolute atomic E-state index is 0.359. The fraction of sp³-hybridized carbons (Fsp3) is 0.917. The molecule has 0 aromatic rings. The number of alkyl halides is 1. The van der Waals surface area contributed by atoms with Crippen LogP contribution >= 0.6 is 11.6 Å². The second kappa shape index (κ2) is 4.11. The Hall–Kier alpha value is -0.220. The lowest BCUT2D eigenvalue weighted by Gasteiger charge is -2.29. The van der Waals surface area contributed by atoms with Crippen molar-refractivity contribution in [2.45, 2.75) is 57.7 Å². The molecule has 0 amide bonds. The highest BCUT2D eigenvalue weighted by Gasteiger charge is 2.34. The Kier molecular flexibility index (Phi) is 3.48. The second-order valence-corrected chi connectivity index (χ2v) is 6.29. The van der Waals surface area contributed by atoms with Crippen LogP contribution < -0.4 is 0 Å². The highest BCUT2D eigenvalue weighted by atomic mass is 35.5. The summed E-state index contributed by atoms with van der Waals surface area (Å²) in [5.41, 5.74) is 0.359. The van der Waals surface area contributed by atoms with E-state index in [1.165, 1.54) is 6.42 Å². The molecule has 80 valence electrons. The molecular weight excluding hydrogens is 194 g/mol. The van der Waals surface area contributed by atoms with Gasteiger partial charge in [-0.2, -0.15) is 5.26 Å². The molecule has 2 unspecified atom stereocenters. The molecule has 0 N–H and O–H groups in total. The summed E-state index contributed by atoms with van der Waals surface area (Å²) in [6.07, 6.45) is 5.13. The first-order chi connectivity index (χ1) is 6.37. The van der Waals surface area contributed by atoms with Crippen molar-refractivity contribution in [3.05, 3.63) is 0 Å². The number of hydrogen-bond donors (Lipinski definition) is 0. The van der Waals surface area contributed by atoms with E-state index >= 15 is 0 Å². The molecule has 0 saturated heterocycles. The van der Waals surface area contributed by atoms with Gasteiger partial charge in [0.25, 0.3) is 0 Å². The standard InChI is InChI=1S/C12H20ClN/c1-11(2,3)10-5-4-7-12(13,9-14)8-6-10/h10H,4-8H2,1-3H3. The maximum Gasteiger partial charge on any atom is 0.131 e. The van der Waals surface area contributed by atoms with Crippen molar-refractivity contribution in [2.75, 3.05) is 0 Å². The molecule has 1 aliphatic rings. The van der Waals surface area contributed by atoms with E-state index in [2.05, 4.69) is 26.8 Å². The smallest absolute Gasteiger partial charge is 0.131 e. The Labute approximate surface area is 92.4 Å². The lowest BCUT2D eigenvalue weighted by Crippen LogP contribution is -2.21. The van der Waals surface area contributed by atoms with Crippen LogP contribution in [0.1, 0.15) is 52.9 Å². The van der Waals surface area contributed by atoms with Gasteiger partial charge >= 0.3 is 0 Å². The van der Waals surface area contributed by atoms with Gasteiger partial charge in [-0.05, 0) is 37.0 Å². The van der Waals surface area contributed by atoms with Crippen molar-refractivity contribution in [1.82, 2.24) is 0 Å². The van der Waals surface area contributed by atoms with Crippen molar-refractivity contribution in [2.24, 2.45) is 11.3 Å². The maximum atomic E-state index is 8.98. The fourth-order valence-corrected chi connectivity index (χ4v) is 2.52. The molecule has 1 nitrogen and oxygen atoms in total. The van der Waals surface area contributed by atoms with Crippen LogP contribution in [0.5, 0.6) is 0 Å². The number of hydrogen-bond acceptors (Lipinski definition) is 1. The second-order valence-electron chi connectivity index (χ2n) is 5.57. The predicted octanol–water partition coefficient (Wildman–Crippen LogP) is 4.11. The van der Waals surface area contributed by atoms with Crippen LogP contribution in [0.3, 0.4) is 0 Å². The van der Waals surface area contributed by atoms with Crippen LogP contribution in [0.25, 0.3) is 0 Å². The molecule has 1 saturated carbocycles. The highest BCUT2D eigenvalue weighted by Crippen LogP contribution is 2.41. The van der Waals surface area contributed by atoms with Gasteiger partial charge in [0, 0.05) is 0 Å². The molecule has 0 radical (unpaired) electrons. The summed E-state index contributed by atoms with van der Waals surface area (Å²) in [6, 6.07) is 2.26. The molecule has 0 heterocycles. The van der Waals surface area contributed by atoms with Gasteiger partial charge < -0.3 is 0 Å². The van der Waals surface area contributed by atoms with Gasteiger partial charge in [-0.25, -0.2) is 0 Å². The van der Waals surface area contributed by atoms with Gasteiger partial charge in [-0.1, -0.05) is 27.2 Å². The van der Waals surface area contributed by atoms with E-state index < -0.39 is 4.87 Å². The summed E-state index contributed by atoms with van der Waals surface area (Å²) in [7, 11) is 0. The molecule has 0 aliphatic heterocycles. The zero-order chi connectivity index (χ0) is 10.8. The van der Waals surface area contributed by atoms with Crippen LogP contribution in [-0.4, -0.2) is 4.87 Å². The highest BCUT2D eigenvalue weighted by molar-refractivity contribution is 6.25. The van der Waals surface area contributed by atoms with Crippen molar-refractivity contribution in [3.8, 4) is 6.07 Å². The third kappa shape index (κ3) is 2.89. The summed E-state index contributed by atoms with van der Waals surface area (Å²) in [5.74, 6) is 0.719. The summed E-state index contributed by atoms with van der Waals surface area (Å²) in [6.45, 7) is 6.85. The largest absolute Gasteiger partial charge is 0.196 e. The van der Waals surface area contributed by atoms with E-state index in [9.17, 15) is 0 Å². The van der Waals surface area contributed by atoms with Gasteiger partial charge in [-0.3, -0.25) is 0 Å². The molecular formula is C12H20ClN. The molecule has 0 spiro atoms. The van der Waals surface area contributed by atoms with E-state index in [4.69, 9.17) is 16.9 Å². The first kappa shape index (κ1) is 11.9. The molecule has 0 bridgehead atoms. The Morgan fingerprint density at radius 3 is 2.43 bits per heavy atom. The van der Waals surface area contributed by atoms with E-state index in [0.29, 0.717) is 5.41 Å². The SMILES string of the molecule is CC(C)(C)C1CCCC(Cl)(C#N)CC1. The first-order valence-corrected chi connectivity index (χ1v) is 5.85. The van der Waals surface area contributed by atoms with Gasteiger partial charge in [0.2, 0.25) is 0 Å². The van der Waals surface area contributed by atoms with Gasteiger partial charge in [0.1, 0.15) is 4.87 Å². The third-order valence-electron chi connectivity index (χ3n) is 3.44. The number of nitrogens with zero attached hydrogens (tertiary/aromatic N) is 1. The van der Waals surface area contributed by atoms with Gasteiger partial charge in [-0.15, -0.1) is 11.6 Å². The Morgan fingerprint density at radius 1 is 1.29 bits per heavy atom. The van der Waals surface area contributed by atoms with Crippen molar-refractivity contribution >= 4 is 11.6 Å². The van der Waals surface area contributed by atoms with Crippen molar-refractivity contribution < 1.29 is 0 Å². The van der Waals surface area contributed by atoms with Crippen LogP contribution in [0, 0.1) is 22.7 Å². The molecule has 1 fully saturated rings. The van der Waals surface area contributed by atoms with E-state index in [1.807, 2.05) is 0 Å². The van der Waals surface area contributed by atoms with Crippen molar-refractivity contribution in [3.63, 3.8) is 0 Å². The maximum absolute atomic E-state index is 8.98. The minimum Gasteiger partial charge on any atom is -0.196 e. The number of rotatable bonds is 0. The predicted molar refractivity (Wildman–Crippen MR) is 60.2 cm³/mol. The molecule has 2 heteroatoms. The fourth-order valence-electron chi connectivity index (χ4n) is 2.28. The average Bonchev–Trinajstić information content (AvgIpc) is 2.27. The quantitative estimate of drug-likeness (QED) is 0.439. The molecule has 1 aliphatic carbocycles. The van der Waals surface area contributed by atoms with Gasteiger partial charge in [0.15, 0.2) is 0 Å². The third-order valence-corrected chi connectivity index (χ3v) is 3.90. The summed E-state index contributed by atoms with van der Waals surface area (Å²) >= 11 is 6.22. The first-order valence-electron chi connectivity index (χ1n) is 5.47. The molecule has 1 rings (SSSR count). The van der Waals surface area contributed by atoms with E-state index in [1.54, 1.807) is 0 Å². The Balaban J connectivity index is 2.63. The van der Waals surface area contributed by atoms with E-state index in [0.717, 1.165) is 31.6 Å².